The summed E-state index contributed by atoms with van der Waals surface area (Å²) in [6.07, 6.45) is -2.78. The van der Waals surface area contributed by atoms with Crippen LogP contribution in [0.1, 0.15) is 38.9 Å². The van der Waals surface area contributed by atoms with Gasteiger partial charge in [-0.2, -0.15) is 13.2 Å². The van der Waals surface area contributed by atoms with Crippen molar-refractivity contribution in [2.24, 2.45) is 5.92 Å². The highest BCUT2D eigenvalue weighted by molar-refractivity contribution is 5.84. The Labute approximate surface area is 177 Å². The number of nitrogens with one attached hydrogen (secondary N) is 2. The molecule has 0 saturated carbocycles. The maximum absolute atomic E-state index is 13.5. The summed E-state index contributed by atoms with van der Waals surface area (Å²) in [4.78, 5) is 16.1. The van der Waals surface area contributed by atoms with Gasteiger partial charge >= 0.3 is 6.18 Å². The van der Waals surface area contributed by atoms with E-state index in [0.29, 0.717) is 43.1 Å². The van der Waals surface area contributed by atoms with Crippen LogP contribution in [-0.2, 0) is 11.0 Å². The van der Waals surface area contributed by atoms with Gasteiger partial charge in [-0.15, -0.1) is 10.2 Å². The number of hydrogen-bond donors (Lipinski definition) is 2. The maximum Gasteiger partial charge on any atom is 0.452 e. The van der Waals surface area contributed by atoms with Crippen molar-refractivity contribution >= 4 is 28.4 Å². The first-order chi connectivity index (χ1) is 14.7. The molecule has 2 N–H and O–H groups in total. The first-order valence-electron chi connectivity index (χ1n) is 10.0. The van der Waals surface area contributed by atoms with Gasteiger partial charge in [-0.25, -0.2) is 4.98 Å². The number of rotatable bonds is 9. The second-order valence-electron chi connectivity index (χ2n) is 7.58. The van der Waals surface area contributed by atoms with Crippen molar-refractivity contribution in [1.29, 1.82) is 0 Å². The monoisotopic (exact) mass is 438 g/mol. The van der Waals surface area contributed by atoms with Crippen molar-refractivity contribution in [3.8, 4) is 5.75 Å². The molecule has 0 spiro atoms. The number of hydrogen-bond acceptors (Lipinski definition) is 6. The van der Waals surface area contributed by atoms with E-state index in [1.807, 2.05) is 13.8 Å². The van der Waals surface area contributed by atoms with Crippen molar-refractivity contribution in [3.63, 3.8) is 0 Å². The van der Waals surface area contributed by atoms with Gasteiger partial charge in [-0.05, 0) is 30.9 Å². The number of ether oxygens (including phenoxy) is 1. The molecule has 3 rings (SSSR count). The third-order valence-electron chi connectivity index (χ3n) is 4.60. The van der Waals surface area contributed by atoms with Gasteiger partial charge in [0.15, 0.2) is 5.82 Å². The van der Waals surface area contributed by atoms with E-state index >= 15 is 0 Å². The second-order valence-corrected chi connectivity index (χ2v) is 7.58. The Bertz CT molecular complexity index is 1060. The van der Waals surface area contributed by atoms with Crippen LogP contribution >= 0.6 is 0 Å². The predicted molar refractivity (Wildman–Crippen MR) is 110 cm³/mol. The summed E-state index contributed by atoms with van der Waals surface area (Å²) >= 11 is 0. The highest BCUT2D eigenvalue weighted by atomic mass is 19.4. The highest BCUT2D eigenvalue weighted by Gasteiger charge is 2.38. The van der Waals surface area contributed by atoms with Crippen molar-refractivity contribution in [1.82, 2.24) is 24.9 Å². The first-order valence-corrected chi connectivity index (χ1v) is 10.0. The van der Waals surface area contributed by atoms with E-state index < -0.39 is 12.0 Å². The number of unbranched alkanes of at least 4 members (excludes halogenated alkanes) is 1. The van der Waals surface area contributed by atoms with E-state index in [0.717, 1.165) is 10.8 Å². The zero-order valence-corrected chi connectivity index (χ0v) is 17.6. The number of amides is 1. The van der Waals surface area contributed by atoms with Crippen LogP contribution in [0.5, 0.6) is 5.75 Å². The van der Waals surface area contributed by atoms with Crippen LogP contribution in [0, 0.1) is 5.92 Å². The topological polar surface area (TPSA) is 93.4 Å². The van der Waals surface area contributed by atoms with Gasteiger partial charge in [0, 0.05) is 25.6 Å². The number of benzene rings is 1. The zero-order valence-electron chi connectivity index (χ0n) is 17.6. The van der Waals surface area contributed by atoms with Crippen molar-refractivity contribution in [3.05, 3.63) is 24.0 Å². The molecule has 0 radical (unpaired) electrons. The molecule has 2 heterocycles. The Morgan fingerprint density at radius 2 is 1.94 bits per heavy atom. The van der Waals surface area contributed by atoms with Gasteiger partial charge in [0.25, 0.3) is 0 Å². The average molecular weight is 438 g/mol. The summed E-state index contributed by atoms with van der Waals surface area (Å²) in [5.74, 6) is -0.128. The summed E-state index contributed by atoms with van der Waals surface area (Å²) in [7, 11) is 1.47. The minimum Gasteiger partial charge on any atom is -0.497 e. The Morgan fingerprint density at radius 3 is 2.61 bits per heavy atom. The molecular weight excluding hydrogens is 413 g/mol. The molecule has 0 fully saturated rings. The number of carbonyl (C=O) groups excluding carboxylic acids is 1. The summed E-state index contributed by atoms with van der Waals surface area (Å²) in [6, 6.07) is 4.62. The van der Waals surface area contributed by atoms with E-state index in [-0.39, 0.29) is 22.9 Å². The van der Waals surface area contributed by atoms with E-state index in [4.69, 9.17) is 4.74 Å². The lowest BCUT2D eigenvalue weighted by Gasteiger charge is -2.12. The molecule has 0 aliphatic heterocycles. The smallest absolute Gasteiger partial charge is 0.452 e. The normalized spacial score (nSPS) is 12.0. The number of carbonyl (C=O) groups is 1. The molecule has 3 aromatic rings. The van der Waals surface area contributed by atoms with Gasteiger partial charge in [0.1, 0.15) is 5.75 Å². The molecule has 0 aliphatic carbocycles. The molecule has 2 aromatic heterocycles. The molecule has 0 saturated heterocycles. The van der Waals surface area contributed by atoms with Gasteiger partial charge in [-0.3, -0.25) is 9.20 Å². The number of methoxy groups -OCH3 is 1. The molecule has 0 atom stereocenters. The minimum absolute atomic E-state index is 0.00442. The molecule has 11 heteroatoms. The lowest BCUT2D eigenvalue weighted by molar-refractivity contribution is -0.145. The van der Waals surface area contributed by atoms with Crippen molar-refractivity contribution < 1.29 is 22.7 Å². The number of nitrogens with zero attached hydrogens (tertiary/aromatic N) is 4. The summed E-state index contributed by atoms with van der Waals surface area (Å²) in [5.41, 5.74) is 0.544. The van der Waals surface area contributed by atoms with Crippen LogP contribution in [-0.4, -0.2) is 45.7 Å². The molecule has 168 valence electrons. The third-order valence-corrected chi connectivity index (χ3v) is 4.60. The third kappa shape index (κ3) is 5.33. The average Bonchev–Trinajstić information content (AvgIpc) is 3.15. The number of alkyl halides is 3. The van der Waals surface area contributed by atoms with E-state index in [2.05, 4.69) is 25.8 Å². The number of aromatic nitrogens is 4. The molecular formula is C20H25F3N6O2. The van der Waals surface area contributed by atoms with Crippen LogP contribution in [0.15, 0.2) is 18.2 Å². The second kappa shape index (κ2) is 9.36. The summed E-state index contributed by atoms with van der Waals surface area (Å²) in [5, 5.41) is 13.0. The Hall–Kier alpha value is -3.11. The lowest BCUT2D eigenvalue weighted by Crippen LogP contribution is -2.25. The predicted octanol–water partition coefficient (Wildman–Crippen LogP) is 3.66. The zero-order chi connectivity index (χ0) is 22.6. The highest BCUT2D eigenvalue weighted by Crippen LogP contribution is 2.32. The molecule has 8 nitrogen and oxygen atoms in total. The summed E-state index contributed by atoms with van der Waals surface area (Å²) in [6.45, 7) is 4.94. The fourth-order valence-electron chi connectivity index (χ4n) is 3.17. The number of fused-ring (bicyclic) bond motifs is 3. The van der Waals surface area contributed by atoms with Gasteiger partial charge in [-0.1, -0.05) is 13.8 Å². The Balaban J connectivity index is 1.77. The maximum atomic E-state index is 13.5. The minimum atomic E-state index is -4.67. The number of anilines is 1. The fourth-order valence-corrected chi connectivity index (χ4v) is 3.17. The molecule has 0 aliphatic rings. The van der Waals surface area contributed by atoms with Crippen molar-refractivity contribution in [2.75, 3.05) is 25.5 Å². The fraction of sp³-hybridized carbons (Fsp3) is 0.500. The van der Waals surface area contributed by atoms with E-state index in [1.54, 1.807) is 12.1 Å². The van der Waals surface area contributed by atoms with Crippen LogP contribution in [0.4, 0.5) is 19.0 Å². The van der Waals surface area contributed by atoms with Gasteiger partial charge in [0.2, 0.25) is 17.4 Å². The molecule has 0 unspecified atom stereocenters. The van der Waals surface area contributed by atoms with Gasteiger partial charge in [0.05, 0.1) is 18.1 Å². The molecule has 0 bridgehead atoms. The lowest BCUT2D eigenvalue weighted by atomic mass is 10.1. The van der Waals surface area contributed by atoms with Crippen LogP contribution in [0.3, 0.4) is 0 Å². The summed E-state index contributed by atoms with van der Waals surface area (Å²) < 4.78 is 46.5. The SMILES string of the molecule is COc1ccc2c(c1)nc(NCCCCNC(=O)CC(C)C)c1nnc(C(F)(F)F)n12. The molecule has 31 heavy (non-hydrogen) atoms. The van der Waals surface area contributed by atoms with Crippen molar-refractivity contribution in [2.45, 2.75) is 39.3 Å². The van der Waals surface area contributed by atoms with Gasteiger partial charge < -0.3 is 15.4 Å². The molecule has 1 amide bonds. The van der Waals surface area contributed by atoms with E-state index in [9.17, 15) is 18.0 Å². The quantitative estimate of drug-likeness (QED) is 0.496. The largest absolute Gasteiger partial charge is 0.497 e. The van der Waals surface area contributed by atoms with Crippen LogP contribution in [0.2, 0.25) is 0 Å². The first kappa shape index (κ1) is 22.6. The molecule has 1 aromatic carbocycles. The number of halogens is 3. The standard InChI is InChI=1S/C20H25F3N6O2/c1-12(2)10-16(30)24-8-4-5-9-25-17-18-27-28-19(20(21,22)23)29(18)15-7-6-13(31-3)11-14(15)26-17/h6-7,11-12H,4-5,8-10H2,1-3H3,(H,24,30)(H,25,26). The van der Waals surface area contributed by atoms with Crippen LogP contribution < -0.4 is 15.4 Å². The Morgan fingerprint density at radius 1 is 1.19 bits per heavy atom. The Kier molecular flexibility index (Phi) is 6.81. The van der Waals surface area contributed by atoms with E-state index in [1.165, 1.54) is 13.2 Å². The van der Waals surface area contributed by atoms with Crippen LogP contribution in [0.25, 0.3) is 16.7 Å².